The maximum absolute atomic E-state index is 12.1. The molecule has 32 heavy (non-hydrogen) atoms. The molecule has 9 heteroatoms. The first kappa shape index (κ1) is 24.4. The summed E-state index contributed by atoms with van der Waals surface area (Å²) in [6.07, 6.45) is 0.366. The predicted molar refractivity (Wildman–Crippen MR) is 118 cm³/mol. The highest BCUT2D eigenvalue weighted by Gasteiger charge is 2.12. The zero-order valence-electron chi connectivity index (χ0n) is 18.2. The van der Waals surface area contributed by atoms with Gasteiger partial charge in [-0.3, -0.25) is 19.2 Å². The van der Waals surface area contributed by atoms with Gasteiger partial charge in [-0.1, -0.05) is 0 Å². The van der Waals surface area contributed by atoms with Gasteiger partial charge in [0, 0.05) is 30.2 Å². The average Bonchev–Trinajstić information content (AvgIpc) is 2.78. The van der Waals surface area contributed by atoms with E-state index >= 15 is 0 Å². The lowest BCUT2D eigenvalue weighted by Gasteiger charge is -2.12. The fourth-order valence-electron chi connectivity index (χ4n) is 2.72. The molecule has 0 heterocycles. The lowest BCUT2D eigenvalue weighted by atomic mass is 10.1. The van der Waals surface area contributed by atoms with Crippen LogP contribution in [0.25, 0.3) is 0 Å². The minimum Gasteiger partial charge on any atom is -0.497 e. The van der Waals surface area contributed by atoms with Crippen LogP contribution < -0.4 is 20.1 Å². The van der Waals surface area contributed by atoms with Crippen LogP contribution in [0, 0.1) is 0 Å². The van der Waals surface area contributed by atoms with Crippen molar-refractivity contribution in [3.05, 3.63) is 48.0 Å². The van der Waals surface area contributed by atoms with Gasteiger partial charge in [-0.2, -0.15) is 0 Å². The number of hydrogen-bond donors (Lipinski definition) is 2. The summed E-state index contributed by atoms with van der Waals surface area (Å²) in [4.78, 5) is 47.2. The number of carbonyl (C=O) groups excluding carboxylic acids is 4. The van der Waals surface area contributed by atoms with E-state index in [9.17, 15) is 19.2 Å². The molecule has 0 saturated carbocycles. The van der Waals surface area contributed by atoms with Crippen molar-refractivity contribution in [2.45, 2.75) is 26.2 Å². The van der Waals surface area contributed by atoms with Crippen LogP contribution in [0.5, 0.6) is 11.5 Å². The highest BCUT2D eigenvalue weighted by molar-refractivity contribution is 5.96. The maximum Gasteiger partial charge on any atom is 0.306 e. The third-order valence-electron chi connectivity index (χ3n) is 4.40. The Morgan fingerprint density at radius 1 is 0.844 bits per heavy atom. The molecule has 2 N–H and O–H groups in total. The van der Waals surface area contributed by atoms with E-state index in [4.69, 9.17) is 14.2 Å². The summed E-state index contributed by atoms with van der Waals surface area (Å²) in [6.45, 7) is 1.000. The number of benzene rings is 2. The Kier molecular flexibility index (Phi) is 9.22. The van der Waals surface area contributed by atoms with Crippen LogP contribution in [-0.4, -0.2) is 44.4 Å². The number of nitrogens with one attached hydrogen (secondary N) is 2. The highest BCUT2D eigenvalue weighted by Crippen LogP contribution is 2.28. The van der Waals surface area contributed by atoms with E-state index in [1.54, 1.807) is 42.5 Å². The van der Waals surface area contributed by atoms with Gasteiger partial charge in [-0.05, 0) is 49.7 Å². The van der Waals surface area contributed by atoms with Gasteiger partial charge < -0.3 is 24.8 Å². The van der Waals surface area contributed by atoms with Gasteiger partial charge in [0.2, 0.25) is 5.91 Å². The molecule has 0 saturated heterocycles. The number of methoxy groups -OCH3 is 2. The van der Waals surface area contributed by atoms with Gasteiger partial charge in [0.05, 0.1) is 19.9 Å². The van der Waals surface area contributed by atoms with Gasteiger partial charge >= 0.3 is 5.97 Å². The molecule has 9 nitrogen and oxygen atoms in total. The molecule has 2 amide bonds. The molecule has 0 atom stereocenters. The van der Waals surface area contributed by atoms with Crippen LogP contribution in [0.4, 0.5) is 11.4 Å². The van der Waals surface area contributed by atoms with Crippen molar-refractivity contribution in [2.24, 2.45) is 0 Å². The molecule has 0 aliphatic rings. The van der Waals surface area contributed by atoms with Gasteiger partial charge in [0.15, 0.2) is 12.4 Å². The Bertz CT molecular complexity index is 971. The Morgan fingerprint density at radius 3 is 2.19 bits per heavy atom. The molecule has 0 fully saturated rings. The summed E-state index contributed by atoms with van der Waals surface area (Å²) in [6, 6.07) is 11.4. The predicted octanol–water partition coefficient (Wildman–Crippen LogP) is 3.20. The van der Waals surface area contributed by atoms with Gasteiger partial charge in [0.1, 0.15) is 11.5 Å². The minimum atomic E-state index is -0.587. The normalized spacial score (nSPS) is 10.1. The third-order valence-corrected chi connectivity index (χ3v) is 4.40. The third kappa shape index (κ3) is 7.75. The number of Topliss-reactive ketones (excluding diaryl/α,β-unsaturated/α-hetero) is 1. The van der Waals surface area contributed by atoms with Crippen LogP contribution in [0.2, 0.25) is 0 Å². The van der Waals surface area contributed by atoms with Crippen LogP contribution in [-0.2, 0) is 19.1 Å². The van der Waals surface area contributed by atoms with Crippen molar-refractivity contribution in [3.8, 4) is 11.5 Å². The Balaban J connectivity index is 1.70. The van der Waals surface area contributed by atoms with Crippen LogP contribution in [0.15, 0.2) is 42.5 Å². The molecule has 0 aliphatic carbocycles. The molecule has 0 unspecified atom stereocenters. The summed E-state index contributed by atoms with van der Waals surface area (Å²) in [5.74, 6) is -0.472. The van der Waals surface area contributed by atoms with Crippen LogP contribution in [0.1, 0.15) is 36.5 Å². The Hall–Kier alpha value is -3.88. The first-order valence-corrected chi connectivity index (χ1v) is 9.90. The molecule has 170 valence electrons. The molecule has 0 bridgehead atoms. The van der Waals surface area contributed by atoms with Gasteiger partial charge in [-0.25, -0.2) is 0 Å². The highest BCUT2D eigenvalue weighted by atomic mass is 16.5. The van der Waals surface area contributed by atoms with E-state index in [-0.39, 0.29) is 31.0 Å². The van der Waals surface area contributed by atoms with Crippen molar-refractivity contribution in [1.82, 2.24) is 0 Å². The quantitative estimate of drug-likeness (QED) is 0.405. The van der Waals surface area contributed by atoms with Gasteiger partial charge in [-0.15, -0.1) is 0 Å². The lowest BCUT2D eigenvalue weighted by Crippen LogP contribution is -2.21. The SMILES string of the molecule is COc1ccc(OC)c(NC(=O)COC(=O)CCCC(=O)Nc2ccc(C(C)=O)cc2)c1. The molecule has 0 radical (unpaired) electrons. The monoisotopic (exact) mass is 442 g/mol. The molecule has 2 rings (SSSR count). The Morgan fingerprint density at radius 2 is 1.56 bits per heavy atom. The van der Waals surface area contributed by atoms with E-state index in [2.05, 4.69) is 10.6 Å². The molecule has 2 aromatic rings. The number of anilines is 2. The molecule has 0 aliphatic heterocycles. The van der Waals surface area contributed by atoms with Crippen molar-refractivity contribution in [3.63, 3.8) is 0 Å². The zero-order valence-corrected chi connectivity index (χ0v) is 18.2. The summed E-state index contributed by atoms with van der Waals surface area (Å²) in [5, 5.41) is 5.29. The number of ketones is 1. The smallest absolute Gasteiger partial charge is 0.306 e. The summed E-state index contributed by atoms with van der Waals surface area (Å²) in [5.41, 5.74) is 1.51. The molecular formula is C23H26N2O7. The van der Waals surface area contributed by atoms with Crippen LogP contribution >= 0.6 is 0 Å². The number of carbonyl (C=O) groups is 4. The topological polar surface area (TPSA) is 120 Å². The van der Waals surface area contributed by atoms with Crippen molar-refractivity contribution in [1.29, 1.82) is 0 Å². The second-order valence-corrected chi connectivity index (χ2v) is 6.81. The van der Waals surface area contributed by atoms with Gasteiger partial charge in [0.25, 0.3) is 5.91 Å². The average molecular weight is 442 g/mol. The van der Waals surface area contributed by atoms with Crippen molar-refractivity contribution >= 4 is 34.9 Å². The molecule has 0 aromatic heterocycles. The largest absolute Gasteiger partial charge is 0.497 e. The number of ether oxygens (including phenoxy) is 3. The van der Waals surface area contributed by atoms with E-state index in [1.165, 1.54) is 21.1 Å². The van der Waals surface area contributed by atoms with E-state index in [1.807, 2.05) is 0 Å². The van der Waals surface area contributed by atoms with Crippen molar-refractivity contribution < 1.29 is 33.4 Å². The molecular weight excluding hydrogens is 416 g/mol. The van der Waals surface area contributed by atoms with Crippen molar-refractivity contribution in [2.75, 3.05) is 31.5 Å². The van der Waals surface area contributed by atoms with E-state index in [0.717, 1.165) is 0 Å². The molecule has 2 aromatic carbocycles. The summed E-state index contributed by atoms with van der Waals surface area (Å²) < 4.78 is 15.2. The Labute approximate surface area is 186 Å². The standard InChI is InChI=1S/C23H26N2O7/c1-15(26)16-7-9-17(10-8-16)24-21(27)5-4-6-23(29)32-14-22(28)25-19-13-18(30-2)11-12-20(19)31-3/h7-13H,4-6,14H2,1-3H3,(H,24,27)(H,25,28). The number of hydrogen-bond acceptors (Lipinski definition) is 7. The second kappa shape index (κ2) is 12.1. The number of rotatable bonds is 11. The summed E-state index contributed by atoms with van der Waals surface area (Å²) >= 11 is 0. The lowest BCUT2D eigenvalue weighted by molar-refractivity contribution is -0.147. The first-order valence-electron chi connectivity index (χ1n) is 9.90. The minimum absolute atomic E-state index is 0.00748. The number of esters is 1. The second-order valence-electron chi connectivity index (χ2n) is 6.81. The fraction of sp³-hybridized carbons (Fsp3) is 0.304. The van der Waals surface area contributed by atoms with Crippen LogP contribution in [0.3, 0.4) is 0 Å². The summed E-state index contributed by atoms with van der Waals surface area (Å²) in [7, 11) is 2.97. The maximum atomic E-state index is 12.1. The van der Waals surface area contributed by atoms with E-state index < -0.39 is 18.5 Å². The fourth-order valence-corrected chi connectivity index (χ4v) is 2.72. The first-order chi connectivity index (χ1) is 15.3. The molecule has 0 spiro atoms. The zero-order chi connectivity index (χ0) is 23.5. The number of amides is 2. The van der Waals surface area contributed by atoms with E-state index in [0.29, 0.717) is 28.4 Å².